The highest BCUT2D eigenvalue weighted by Gasteiger charge is 2.15. The molecule has 2 aromatic rings. The minimum absolute atomic E-state index is 0.177. The molecule has 0 heterocycles. The van der Waals surface area contributed by atoms with Gasteiger partial charge in [-0.15, -0.1) is 0 Å². The van der Waals surface area contributed by atoms with Crippen molar-refractivity contribution < 1.29 is 14.1 Å². The minimum atomic E-state index is -0.754. The second-order valence-corrected chi connectivity index (χ2v) is 5.44. The SMILES string of the molecule is CNc1ccc(/C=C(\C#N)C(=O)Nc2ccc(F)c(Cl)c2)cc1[N+](=O)[O-]. The molecule has 0 bridgehead atoms. The largest absolute Gasteiger partial charge is 0.383 e. The molecule has 9 heteroatoms. The molecule has 1 amide bonds. The lowest BCUT2D eigenvalue weighted by atomic mass is 10.1. The van der Waals surface area contributed by atoms with Gasteiger partial charge in [0, 0.05) is 18.8 Å². The number of anilines is 2. The van der Waals surface area contributed by atoms with Crippen molar-refractivity contribution in [2.45, 2.75) is 0 Å². The van der Waals surface area contributed by atoms with Crippen molar-refractivity contribution in [1.29, 1.82) is 5.26 Å². The van der Waals surface area contributed by atoms with Gasteiger partial charge in [0.15, 0.2) is 0 Å². The van der Waals surface area contributed by atoms with Crippen LogP contribution in [0.2, 0.25) is 5.02 Å². The first-order valence-corrected chi connectivity index (χ1v) is 7.58. The third-order valence-corrected chi connectivity index (χ3v) is 3.63. The Bertz CT molecular complexity index is 954. The van der Waals surface area contributed by atoms with Crippen LogP contribution in [0.3, 0.4) is 0 Å². The maximum Gasteiger partial charge on any atom is 0.292 e. The zero-order valence-corrected chi connectivity index (χ0v) is 14.2. The molecule has 0 aromatic heterocycles. The number of nitriles is 1. The second-order valence-electron chi connectivity index (χ2n) is 5.04. The van der Waals surface area contributed by atoms with E-state index in [0.29, 0.717) is 11.3 Å². The number of benzene rings is 2. The van der Waals surface area contributed by atoms with E-state index < -0.39 is 16.6 Å². The lowest BCUT2D eigenvalue weighted by Gasteiger charge is -2.06. The Morgan fingerprint density at radius 2 is 2.08 bits per heavy atom. The maximum absolute atomic E-state index is 13.1. The summed E-state index contributed by atoms with van der Waals surface area (Å²) in [6.45, 7) is 0. The van der Waals surface area contributed by atoms with E-state index in [1.54, 1.807) is 13.1 Å². The van der Waals surface area contributed by atoms with Crippen molar-refractivity contribution in [2.24, 2.45) is 0 Å². The molecule has 7 nitrogen and oxygen atoms in total. The van der Waals surface area contributed by atoms with Gasteiger partial charge >= 0.3 is 0 Å². The monoisotopic (exact) mass is 374 g/mol. The summed E-state index contributed by atoms with van der Waals surface area (Å²) in [7, 11) is 1.54. The van der Waals surface area contributed by atoms with Gasteiger partial charge in [-0.05, 0) is 35.9 Å². The van der Waals surface area contributed by atoms with Gasteiger partial charge in [0.1, 0.15) is 23.1 Å². The second kappa shape index (κ2) is 8.09. The molecule has 0 saturated heterocycles. The van der Waals surface area contributed by atoms with Crippen molar-refractivity contribution in [1.82, 2.24) is 0 Å². The van der Waals surface area contributed by atoms with Crippen LogP contribution in [0.4, 0.5) is 21.5 Å². The van der Waals surface area contributed by atoms with Crippen LogP contribution in [0, 0.1) is 27.3 Å². The van der Waals surface area contributed by atoms with Gasteiger partial charge in [0.2, 0.25) is 0 Å². The van der Waals surface area contributed by atoms with Crippen LogP contribution in [0.1, 0.15) is 5.56 Å². The molecular weight excluding hydrogens is 363 g/mol. The number of carbonyl (C=O) groups excluding carboxylic acids is 1. The minimum Gasteiger partial charge on any atom is -0.383 e. The summed E-state index contributed by atoms with van der Waals surface area (Å²) < 4.78 is 13.1. The van der Waals surface area contributed by atoms with E-state index in [2.05, 4.69) is 10.6 Å². The van der Waals surface area contributed by atoms with Crippen LogP contribution < -0.4 is 10.6 Å². The van der Waals surface area contributed by atoms with E-state index in [-0.39, 0.29) is 22.0 Å². The van der Waals surface area contributed by atoms with Gasteiger partial charge < -0.3 is 10.6 Å². The third kappa shape index (κ3) is 4.34. The molecule has 132 valence electrons. The topological polar surface area (TPSA) is 108 Å². The van der Waals surface area contributed by atoms with Crippen LogP contribution in [0.15, 0.2) is 42.0 Å². The molecule has 0 fully saturated rings. The van der Waals surface area contributed by atoms with E-state index in [4.69, 9.17) is 11.6 Å². The molecule has 0 radical (unpaired) electrons. The van der Waals surface area contributed by atoms with Gasteiger partial charge in [0.05, 0.1) is 9.95 Å². The Morgan fingerprint density at radius 3 is 2.65 bits per heavy atom. The molecule has 0 atom stereocenters. The fourth-order valence-electron chi connectivity index (χ4n) is 2.09. The number of carbonyl (C=O) groups is 1. The molecule has 2 aromatic carbocycles. The Balaban J connectivity index is 2.30. The predicted octanol–water partition coefficient (Wildman–Crippen LogP) is 3.97. The van der Waals surface area contributed by atoms with Gasteiger partial charge in [-0.1, -0.05) is 17.7 Å². The van der Waals surface area contributed by atoms with E-state index in [0.717, 1.165) is 6.07 Å². The average Bonchev–Trinajstić information content (AvgIpc) is 2.62. The normalized spacial score (nSPS) is 10.8. The number of nitro groups is 1. The van der Waals surface area contributed by atoms with Crippen LogP contribution in [0.5, 0.6) is 0 Å². The van der Waals surface area contributed by atoms with Crippen LogP contribution in [-0.2, 0) is 4.79 Å². The first kappa shape index (κ1) is 18.9. The molecule has 0 spiro atoms. The van der Waals surface area contributed by atoms with Gasteiger partial charge in [0.25, 0.3) is 11.6 Å². The van der Waals surface area contributed by atoms with Crippen molar-refractivity contribution in [3.8, 4) is 6.07 Å². The summed E-state index contributed by atoms with van der Waals surface area (Å²) in [4.78, 5) is 22.7. The van der Waals surface area contributed by atoms with Crippen molar-refractivity contribution in [2.75, 3.05) is 17.7 Å². The number of hydrogen-bond acceptors (Lipinski definition) is 5. The summed E-state index contributed by atoms with van der Waals surface area (Å²) in [5.74, 6) is -1.40. The standard InChI is InChI=1S/C17H12ClFN4O3/c1-21-15-5-2-10(7-16(15)23(25)26)6-11(9-20)17(24)22-12-3-4-14(19)13(18)8-12/h2-8,21H,1H3,(H,22,24)/b11-6+. The summed E-state index contributed by atoms with van der Waals surface area (Å²) in [5.41, 5.74) is 0.343. The van der Waals surface area contributed by atoms with Crippen LogP contribution in [0.25, 0.3) is 6.08 Å². The predicted molar refractivity (Wildman–Crippen MR) is 96.3 cm³/mol. The number of amides is 1. The molecule has 0 aliphatic heterocycles. The number of nitrogens with zero attached hydrogens (tertiary/aromatic N) is 2. The average molecular weight is 375 g/mol. The summed E-state index contributed by atoms with van der Waals surface area (Å²) in [6.07, 6.45) is 1.22. The molecule has 0 saturated carbocycles. The third-order valence-electron chi connectivity index (χ3n) is 3.34. The van der Waals surface area contributed by atoms with Crippen molar-refractivity contribution in [3.63, 3.8) is 0 Å². The first-order chi connectivity index (χ1) is 12.3. The zero-order chi connectivity index (χ0) is 19.3. The zero-order valence-electron chi connectivity index (χ0n) is 13.4. The molecule has 2 N–H and O–H groups in total. The quantitative estimate of drug-likeness (QED) is 0.356. The number of halogens is 2. The Hall–Kier alpha value is -3.44. The molecule has 0 aliphatic carbocycles. The van der Waals surface area contributed by atoms with Gasteiger partial charge in [-0.2, -0.15) is 5.26 Å². The molecule has 0 unspecified atom stereocenters. The first-order valence-electron chi connectivity index (χ1n) is 7.20. The van der Waals surface area contributed by atoms with E-state index >= 15 is 0 Å². The van der Waals surface area contributed by atoms with Crippen molar-refractivity contribution >= 4 is 40.6 Å². The number of nitrogens with one attached hydrogen (secondary N) is 2. The molecule has 0 aliphatic rings. The Morgan fingerprint density at radius 1 is 1.35 bits per heavy atom. The molecule has 2 rings (SSSR count). The smallest absolute Gasteiger partial charge is 0.292 e. The summed E-state index contributed by atoms with van der Waals surface area (Å²) in [5, 5.41) is 25.2. The van der Waals surface area contributed by atoms with Gasteiger partial charge in [-0.3, -0.25) is 14.9 Å². The lowest BCUT2D eigenvalue weighted by Crippen LogP contribution is -2.13. The number of hydrogen-bond donors (Lipinski definition) is 2. The number of rotatable bonds is 5. The van der Waals surface area contributed by atoms with E-state index in [1.165, 1.54) is 36.4 Å². The maximum atomic E-state index is 13.1. The highest BCUT2D eigenvalue weighted by molar-refractivity contribution is 6.31. The number of nitro benzene ring substituents is 1. The van der Waals surface area contributed by atoms with Crippen molar-refractivity contribution in [3.05, 3.63) is 68.5 Å². The van der Waals surface area contributed by atoms with Gasteiger partial charge in [-0.25, -0.2) is 4.39 Å². The summed E-state index contributed by atoms with van der Waals surface area (Å²) >= 11 is 5.64. The van der Waals surface area contributed by atoms with Crippen LogP contribution >= 0.6 is 11.6 Å². The summed E-state index contributed by atoms with van der Waals surface area (Å²) in [6, 6.07) is 9.54. The Labute approximate surface area is 152 Å². The fourth-order valence-corrected chi connectivity index (χ4v) is 2.27. The highest BCUT2D eigenvalue weighted by Crippen LogP contribution is 2.26. The lowest BCUT2D eigenvalue weighted by molar-refractivity contribution is -0.384. The fraction of sp³-hybridized carbons (Fsp3) is 0.0588. The van der Waals surface area contributed by atoms with Crippen LogP contribution in [-0.4, -0.2) is 17.9 Å². The Kier molecular flexibility index (Phi) is 5.88. The van der Waals surface area contributed by atoms with E-state index in [9.17, 15) is 24.6 Å². The highest BCUT2D eigenvalue weighted by atomic mass is 35.5. The molecule has 26 heavy (non-hydrogen) atoms. The molecular formula is C17H12ClFN4O3. The van der Waals surface area contributed by atoms with E-state index in [1.807, 2.05) is 0 Å².